The first-order valence-electron chi connectivity index (χ1n) is 27.7. The van der Waals surface area contributed by atoms with Crippen LogP contribution in [0, 0.1) is 5.82 Å². The second kappa shape index (κ2) is 33.1. The molecule has 11 nitrogen and oxygen atoms in total. The number of rotatable bonds is 11. The fraction of sp³-hybridized carbons (Fsp3) is 0.110. The molecule has 0 aliphatic carbocycles. The molecule has 0 radical (unpaired) electrons. The molecule has 0 spiro atoms. The van der Waals surface area contributed by atoms with Crippen LogP contribution < -0.4 is 122 Å². The molecule has 0 saturated heterocycles. The second-order valence-electron chi connectivity index (χ2n) is 21.9. The van der Waals surface area contributed by atoms with E-state index in [0.717, 1.165) is 71.8 Å². The summed E-state index contributed by atoms with van der Waals surface area (Å²) in [6, 6.07) is 70.0. The average Bonchev–Trinajstić information content (AvgIpc) is 1.92. The minimum Gasteiger partial charge on any atom is -1.00 e. The van der Waals surface area contributed by atoms with Gasteiger partial charge in [0.25, 0.3) is 6.47 Å². The number of aromatic nitrogens is 4. The number of ether oxygens (including phenoxy) is 3. The van der Waals surface area contributed by atoms with E-state index in [-0.39, 0.29) is 133 Å². The van der Waals surface area contributed by atoms with Crippen LogP contribution in [-0.2, 0) is 20.5 Å². The van der Waals surface area contributed by atoms with Gasteiger partial charge in [-0.1, -0.05) is 102 Å². The minimum atomic E-state index is -0.350. The van der Waals surface area contributed by atoms with Crippen molar-refractivity contribution in [3.05, 3.63) is 269 Å². The number of benzene rings is 8. The van der Waals surface area contributed by atoms with Crippen molar-refractivity contribution < 1.29 is 143 Å². The zero-order valence-corrected chi connectivity index (χ0v) is 59.9. The van der Waals surface area contributed by atoms with Crippen molar-refractivity contribution in [2.45, 2.75) is 52.4 Å². The Morgan fingerprint density at radius 3 is 1.19 bits per heavy atom. The molecule has 0 aliphatic rings. The van der Waals surface area contributed by atoms with E-state index in [1.807, 2.05) is 170 Å². The fourth-order valence-corrected chi connectivity index (χ4v) is 9.86. The molecule has 1 N–H and O–H groups in total. The predicted octanol–water partition coefficient (Wildman–Crippen LogP) is 13.5. The van der Waals surface area contributed by atoms with Gasteiger partial charge in [-0.25, -0.2) is 4.39 Å². The van der Waals surface area contributed by atoms with Crippen LogP contribution in [0.5, 0.6) is 40.2 Å². The van der Waals surface area contributed by atoms with Crippen LogP contribution in [0.25, 0.3) is 66.6 Å². The number of carbonyl (C=O) groups excluding carboxylic acids is 1. The first kappa shape index (κ1) is 70.1. The van der Waals surface area contributed by atoms with Crippen LogP contribution in [0.1, 0.15) is 54.1 Å². The van der Waals surface area contributed by atoms with Gasteiger partial charge in [-0.2, -0.15) is 0 Å². The molecule has 0 amide bonds. The Bertz CT molecular complexity index is 4280. The molecule has 4 aromatic heterocycles. The van der Waals surface area contributed by atoms with Crippen molar-refractivity contribution in [1.29, 1.82) is 0 Å². The maximum Gasteiger partial charge on any atom is 1.00 e. The zero-order chi connectivity index (χ0) is 61.5. The molecule has 0 aliphatic heterocycles. The molecule has 16 heteroatoms. The molecule has 0 saturated carbocycles. The molecule has 89 heavy (non-hydrogen) atoms. The number of fused-ring (bicyclic) bond motifs is 2. The monoisotopic (exact) mass is 1360 g/mol. The summed E-state index contributed by atoms with van der Waals surface area (Å²) in [4.78, 5) is 29.3. The van der Waals surface area contributed by atoms with Crippen LogP contribution in [0.4, 0.5) is 4.39 Å². The molecule has 438 valence electrons. The summed E-state index contributed by atoms with van der Waals surface area (Å²) in [6.45, 7) is 13.0. The quantitative estimate of drug-likeness (QED) is 0.0571. The zero-order valence-electron chi connectivity index (χ0n) is 51.5. The van der Waals surface area contributed by atoms with E-state index in [4.69, 9.17) is 24.3 Å². The summed E-state index contributed by atoms with van der Waals surface area (Å²) in [7, 11) is 0. The molecular formula is C73H61Br2FK2N4O7. The Morgan fingerprint density at radius 1 is 0.449 bits per heavy atom. The largest absolute Gasteiger partial charge is 1.00 e. The summed E-state index contributed by atoms with van der Waals surface area (Å²) in [5.41, 5.74) is 10.5. The van der Waals surface area contributed by atoms with E-state index in [2.05, 4.69) is 141 Å². The van der Waals surface area contributed by atoms with Gasteiger partial charge in [0, 0.05) is 57.8 Å². The number of pyridine rings is 4. The number of aromatic hydroxyl groups is 1. The molecule has 0 unspecified atom stereocenters. The van der Waals surface area contributed by atoms with Gasteiger partial charge >= 0.3 is 103 Å². The van der Waals surface area contributed by atoms with Crippen molar-refractivity contribution >= 4 is 59.9 Å². The van der Waals surface area contributed by atoms with Crippen LogP contribution >= 0.6 is 31.9 Å². The number of halogens is 3. The first-order chi connectivity index (χ1) is 41.9. The molecule has 0 bridgehead atoms. The Morgan fingerprint density at radius 2 is 0.798 bits per heavy atom. The van der Waals surface area contributed by atoms with E-state index in [0.29, 0.717) is 27.5 Å². The normalized spacial score (nSPS) is 10.7. The number of carbonyl (C=O) groups is 1. The molecule has 0 atom stereocenters. The third-order valence-electron chi connectivity index (χ3n) is 13.7. The number of hydrogen-bond acceptors (Lipinski definition) is 11. The molecule has 12 rings (SSSR count). The van der Waals surface area contributed by atoms with E-state index in [1.165, 1.54) is 28.0 Å². The molecule has 4 heterocycles. The van der Waals surface area contributed by atoms with E-state index >= 15 is 0 Å². The minimum absolute atomic E-state index is 0. The van der Waals surface area contributed by atoms with Crippen LogP contribution in [-0.4, -0.2) is 31.5 Å². The van der Waals surface area contributed by atoms with Gasteiger partial charge in [-0.05, 0) is 222 Å². The van der Waals surface area contributed by atoms with Crippen molar-refractivity contribution in [3.8, 4) is 85.3 Å². The number of phenolic OH excluding ortho intramolecular Hbond substituents is 1. The summed E-state index contributed by atoms with van der Waals surface area (Å²) in [5, 5.41) is 22.3. The Labute approximate surface area is 621 Å². The average molecular weight is 1360 g/mol. The third-order valence-corrected chi connectivity index (χ3v) is 15.3. The maximum atomic E-state index is 13.6. The van der Waals surface area contributed by atoms with E-state index < -0.39 is 0 Å². The van der Waals surface area contributed by atoms with Crippen molar-refractivity contribution in [3.63, 3.8) is 0 Å². The molecule has 8 aromatic carbocycles. The van der Waals surface area contributed by atoms with Gasteiger partial charge in [-0.15, -0.1) is 0 Å². The first-order valence-corrected chi connectivity index (χ1v) is 29.2. The summed E-state index contributed by atoms with van der Waals surface area (Å²) >= 11 is 6.89. The van der Waals surface area contributed by atoms with Gasteiger partial charge in [0.15, 0.2) is 0 Å². The topological polar surface area (TPSA) is 149 Å². The number of phenols is 1. The summed E-state index contributed by atoms with van der Waals surface area (Å²) < 4.78 is 32.8. The summed E-state index contributed by atoms with van der Waals surface area (Å²) in [5.74, 6) is 3.79. The van der Waals surface area contributed by atoms with Crippen LogP contribution in [0.2, 0.25) is 0 Å². The van der Waals surface area contributed by atoms with Gasteiger partial charge in [-0.3, -0.25) is 24.7 Å². The van der Waals surface area contributed by atoms with Gasteiger partial charge in [0.2, 0.25) is 0 Å². The van der Waals surface area contributed by atoms with Crippen LogP contribution in [0.3, 0.4) is 0 Å². The Balaban J connectivity index is 0.000000224. The van der Waals surface area contributed by atoms with Gasteiger partial charge in [0.1, 0.15) is 50.5 Å². The Hall–Kier alpha value is -6.33. The Kier molecular flexibility index (Phi) is 26.1. The van der Waals surface area contributed by atoms with Gasteiger partial charge in [0.05, 0.1) is 27.2 Å². The fourth-order valence-electron chi connectivity index (χ4n) is 9.09. The van der Waals surface area contributed by atoms with Crippen molar-refractivity contribution in [1.82, 2.24) is 19.9 Å². The molecule has 0 fully saturated rings. The summed E-state index contributed by atoms with van der Waals surface area (Å²) in [6.07, 6.45) is 7.37. The second-order valence-corrected chi connectivity index (χ2v) is 23.4. The van der Waals surface area contributed by atoms with E-state index in [1.54, 1.807) is 24.3 Å². The molecule has 12 aromatic rings. The van der Waals surface area contributed by atoms with E-state index in [9.17, 15) is 9.50 Å². The number of hydrogen-bond donors (Lipinski definition) is 1. The van der Waals surface area contributed by atoms with Crippen molar-refractivity contribution in [2.75, 3.05) is 0 Å². The third kappa shape index (κ3) is 19.1. The smallest absolute Gasteiger partial charge is 1.00 e. The SMILES string of the molecule is CC(C)(C)c1ccnc(-c2ccc(Oc3cccc(F)c3Br)cc2)c1.CC(C)(C)c1ccnc(-c2ccc(Oc3cccc(Oc4ccc(-c5nccc6ccccc56)cc4)c3Br)cc2)c1.O=CO[O-].Oc1ccc(-c2nccc3ccccc23)cc1.[H-].[K+].[K+]. The predicted molar refractivity (Wildman–Crippen MR) is 349 cm³/mol. The number of nitrogens with zero attached hydrogens (tertiary/aromatic N) is 4. The van der Waals surface area contributed by atoms with Crippen molar-refractivity contribution in [2.24, 2.45) is 0 Å². The standard InChI is InChI=1S/C36H29BrN2O2.C21H19BrFNO.C15H11NO.CH2O3.2K.H/c1-36(2,3)27-20-22-38-31(23-27)25-11-15-28(16-12-25)40-32-9-6-10-33(34(32)37)41-29-17-13-26(14-18-29)35-30-8-5-4-7-24(30)19-21-39-35;1-21(2,3)15-11-12-24-18(13-15)14-7-9-16(10-8-14)25-19-6-4-5-17(23)20(19)22;17-13-7-5-12(6-8-13)15-14-4-2-1-3-11(14)9-10-16-15;2-1-4-3;;;/h4-23H,1-3H3;4-13H,1-3H3;1-10,17H;1,3H;;;/q;;;;2*+1;-1/p-1. The maximum absolute atomic E-state index is 13.6. The van der Waals surface area contributed by atoms with Crippen LogP contribution in [0.15, 0.2) is 252 Å². The molecular weight excluding hydrogens is 1300 g/mol. The van der Waals surface area contributed by atoms with Gasteiger partial charge < -0.3 is 30.9 Å².